The van der Waals surface area contributed by atoms with E-state index in [4.69, 9.17) is 0 Å². The quantitative estimate of drug-likeness (QED) is 0.606. The molecule has 2 aromatic rings. The van der Waals surface area contributed by atoms with Crippen molar-refractivity contribution in [3.8, 4) is 11.8 Å². The Labute approximate surface area is 124 Å². The predicted molar refractivity (Wildman–Crippen MR) is 84.2 cm³/mol. The van der Waals surface area contributed by atoms with Crippen LogP contribution in [0.4, 0.5) is 0 Å². The second kappa shape index (κ2) is 6.58. The summed E-state index contributed by atoms with van der Waals surface area (Å²) in [5.74, 6) is 6.11. The third-order valence-electron chi connectivity index (χ3n) is 2.29. The molecule has 0 fully saturated rings. The maximum atomic E-state index is 3.41. The number of hydrogen-bond donors (Lipinski definition) is 0. The fourth-order valence-corrected chi connectivity index (χ4v) is 1.90. The SMILES string of the molecule is Brc1ccc(C#CC=Cc2ccc(Br)cc2)cc1. The summed E-state index contributed by atoms with van der Waals surface area (Å²) >= 11 is 6.81. The summed E-state index contributed by atoms with van der Waals surface area (Å²) < 4.78 is 2.15. The smallest absolute Gasteiger partial charge is 0.0249 e. The lowest BCUT2D eigenvalue weighted by atomic mass is 10.2. The summed E-state index contributed by atoms with van der Waals surface area (Å²) in [5.41, 5.74) is 2.15. The van der Waals surface area contributed by atoms with Crippen LogP contribution < -0.4 is 0 Å². The molecule has 0 aliphatic rings. The first kappa shape index (κ1) is 13.1. The minimum Gasteiger partial charge on any atom is -0.0696 e. The summed E-state index contributed by atoms with van der Waals surface area (Å²) in [6.45, 7) is 0. The summed E-state index contributed by atoms with van der Waals surface area (Å²) in [5, 5.41) is 0. The Bertz CT molecular complexity index is 596. The molecule has 0 spiro atoms. The van der Waals surface area contributed by atoms with Crippen LogP contribution in [0.3, 0.4) is 0 Å². The molecule has 0 amide bonds. The van der Waals surface area contributed by atoms with Gasteiger partial charge in [0.15, 0.2) is 0 Å². The van der Waals surface area contributed by atoms with E-state index in [1.165, 1.54) is 0 Å². The maximum absolute atomic E-state index is 3.41. The van der Waals surface area contributed by atoms with Gasteiger partial charge in [-0.3, -0.25) is 0 Å². The number of benzene rings is 2. The zero-order valence-corrected chi connectivity index (χ0v) is 12.7. The summed E-state index contributed by atoms with van der Waals surface area (Å²) in [6, 6.07) is 16.1. The second-order valence-corrected chi connectivity index (χ2v) is 5.49. The van der Waals surface area contributed by atoms with Gasteiger partial charge in [0.05, 0.1) is 0 Å². The van der Waals surface area contributed by atoms with E-state index >= 15 is 0 Å². The van der Waals surface area contributed by atoms with E-state index < -0.39 is 0 Å². The van der Waals surface area contributed by atoms with Crippen molar-refractivity contribution in [2.24, 2.45) is 0 Å². The predicted octanol–water partition coefficient (Wildman–Crippen LogP) is 5.28. The van der Waals surface area contributed by atoms with Crippen LogP contribution in [0.25, 0.3) is 6.08 Å². The normalized spacial score (nSPS) is 10.1. The van der Waals surface area contributed by atoms with Gasteiger partial charge >= 0.3 is 0 Å². The van der Waals surface area contributed by atoms with Gasteiger partial charge in [-0.1, -0.05) is 55.8 Å². The van der Waals surface area contributed by atoms with Crippen molar-refractivity contribution in [3.05, 3.63) is 74.7 Å². The van der Waals surface area contributed by atoms with Crippen LogP contribution >= 0.6 is 31.9 Å². The van der Waals surface area contributed by atoms with E-state index in [0.717, 1.165) is 20.1 Å². The first-order valence-electron chi connectivity index (χ1n) is 5.43. The Morgan fingerprint density at radius 2 is 1.33 bits per heavy atom. The molecule has 0 atom stereocenters. The molecule has 88 valence electrons. The number of halogens is 2. The molecule has 0 unspecified atom stereocenters. The largest absolute Gasteiger partial charge is 0.0696 e. The lowest BCUT2D eigenvalue weighted by Gasteiger charge is -1.91. The molecule has 2 rings (SSSR count). The molecule has 0 saturated heterocycles. The highest BCUT2D eigenvalue weighted by molar-refractivity contribution is 9.10. The minimum absolute atomic E-state index is 1.01. The third-order valence-corrected chi connectivity index (χ3v) is 3.35. The molecule has 0 aliphatic carbocycles. The van der Waals surface area contributed by atoms with Gasteiger partial charge in [-0.2, -0.15) is 0 Å². The molecule has 0 aliphatic heterocycles. The van der Waals surface area contributed by atoms with Gasteiger partial charge in [0.25, 0.3) is 0 Å². The highest BCUT2D eigenvalue weighted by Gasteiger charge is 1.87. The molecule has 18 heavy (non-hydrogen) atoms. The monoisotopic (exact) mass is 360 g/mol. The average molecular weight is 362 g/mol. The van der Waals surface area contributed by atoms with Crippen LogP contribution in [0, 0.1) is 11.8 Å². The molecule has 0 N–H and O–H groups in total. The number of allylic oxidation sites excluding steroid dienone is 1. The molecular formula is C16H10Br2. The van der Waals surface area contributed by atoms with Crippen LogP contribution in [0.2, 0.25) is 0 Å². The van der Waals surface area contributed by atoms with E-state index in [9.17, 15) is 0 Å². The number of hydrogen-bond acceptors (Lipinski definition) is 0. The highest BCUT2D eigenvalue weighted by atomic mass is 79.9. The van der Waals surface area contributed by atoms with Crippen molar-refractivity contribution < 1.29 is 0 Å². The van der Waals surface area contributed by atoms with Gasteiger partial charge in [-0.05, 0) is 54.1 Å². The molecule has 0 saturated carbocycles. The highest BCUT2D eigenvalue weighted by Crippen LogP contribution is 2.11. The van der Waals surface area contributed by atoms with Gasteiger partial charge in [0.1, 0.15) is 0 Å². The summed E-state index contributed by atoms with van der Waals surface area (Å²) in [6.07, 6.45) is 3.86. The Balaban J connectivity index is 2.03. The summed E-state index contributed by atoms with van der Waals surface area (Å²) in [4.78, 5) is 0. The van der Waals surface area contributed by atoms with Gasteiger partial charge < -0.3 is 0 Å². The van der Waals surface area contributed by atoms with Gasteiger partial charge in [0.2, 0.25) is 0 Å². The van der Waals surface area contributed by atoms with Crippen molar-refractivity contribution >= 4 is 37.9 Å². The second-order valence-electron chi connectivity index (χ2n) is 3.66. The van der Waals surface area contributed by atoms with Crippen molar-refractivity contribution in [2.45, 2.75) is 0 Å². The van der Waals surface area contributed by atoms with Crippen molar-refractivity contribution in [3.63, 3.8) is 0 Å². The minimum atomic E-state index is 1.01. The van der Waals surface area contributed by atoms with E-state index in [0.29, 0.717) is 0 Å². The number of rotatable bonds is 1. The standard InChI is InChI=1S/C16H10Br2/c17-15-9-5-13(6-10-15)3-1-2-4-14-7-11-16(18)12-8-14/h1,3,5-12H. The Kier molecular flexibility index (Phi) is 4.81. The molecule has 0 bridgehead atoms. The molecule has 0 radical (unpaired) electrons. The fraction of sp³-hybridized carbons (Fsp3) is 0. The molecular weight excluding hydrogens is 352 g/mol. The van der Waals surface area contributed by atoms with E-state index in [1.54, 1.807) is 0 Å². The van der Waals surface area contributed by atoms with Crippen LogP contribution in [-0.2, 0) is 0 Å². The zero-order chi connectivity index (χ0) is 12.8. The Morgan fingerprint density at radius 1 is 0.778 bits per heavy atom. The Morgan fingerprint density at radius 3 is 1.94 bits per heavy atom. The van der Waals surface area contributed by atoms with Crippen LogP contribution in [0.5, 0.6) is 0 Å². The lowest BCUT2D eigenvalue weighted by molar-refractivity contribution is 1.60. The van der Waals surface area contributed by atoms with Gasteiger partial charge in [-0.25, -0.2) is 0 Å². The van der Waals surface area contributed by atoms with E-state index in [-0.39, 0.29) is 0 Å². The van der Waals surface area contributed by atoms with Crippen LogP contribution in [0.1, 0.15) is 11.1 Å². The molecule has 0 aromatic heterocycles. The van der Waals surface area contributed by atoms with Crippen molar-refractivity contribution in [2.75, 3.05) is 0 Å². The average Bonchev–Trinajstić information content (AvgIpc) is 2.39. The maximum Gasteiger partial charge on any atom is 0.0249 e. The molecule has 0 heterocycles. The molecule has 0 nitrogen and oxygen atoms in total. The third kappa shape index (κ3) is 4.18. The van der Waals surface area contributed by atoms with E-state index in [1.807, 2.05) is 60.7 Å². The Hall–Kier alpha value is -1.30. The summed E-state index contributed by atoms with van der Waals surface area (Å²) in [7, 11) is 0. The van der Waals surface area contributed by atoms with Gasteiger partial charge in [-0.15, -0.1) is 0 Å². The fourth-order valence-electron chi connectivity index (χ4n) is 1.37. The van der Waals surface area contributed by atoms with Crippen molar-refractivity contribution in [1.29, 1.82) is 0 Å². The topological polar surface area (TPSA) is 0 Å². The lowest BCUT2D eigenvalue weighted by Crippen LogP contribution is -1.72. The first-order valence-corrected chi connectivity index (χ1v) is 7.02. The zero-order valence-electron chi connectivity index (χ0n) is 9.53. The van der Waals surface area contributed by atoms with Crippen LogP contribution in [-0.4, -0.2) is 0 Å². The van der Waals surface area contributed by atoms with Gasteiger partial charge in [0, 0.05) is 14.5 Å². The van der Waals surface area contributed by atoms with Crippen molar-refractivity contribution in [1.82, 2.24) is 0 Å². The molecule has 2 aromatic carbocycles. The van der Waals surface area contributed by atoms with E-state index in [2.05, 4.69) is 43.7 Å². The molecule has 2 heteroatoms. The first-order chi connectivity index (χ1) is 8.74. The van der Waals surface area contributed by atoms with Crippen LogP contribution in [0.15, 0.2) is 63.6 Å².